The Morgan fingerprint density at radius 3 is 2.18 bits per heavy atom. The van der Waals surface area contributed by atoms with Gasteiger partial charge in [0, 0.05) is 12.1 Å². The molecular weight excluding hydrogens is 434 g/mol. The first kappa shape index (κ1) is 24.5. The largest absolute Gasteiger partial charge is 0.349 e. The van der Waals surface area contributed by atoms with Crippen LogP contribution >= 0.6 is 11.8 Å². The van der Waals surface area contributed by atoms with Crippen molar-refractivity contribution in [3.8, 4) is 0 Å². The van der Waals surface area contributed by atoms with Gasteiger partial charge in [-0.15, -0.1) is 10.2 Å². The molecule has 3 aromatic rings. The van der Waals surface area contributed by atoms with E-state index in [1.54, 1.807) is 12.1 Å². The van der Waals surface area contributed by atoms with Gasteiger partial charge in [0.05, 0.1) is 17.8 Å². The number of carbonyl (C=O) groups excluding carboxylic acids is 2. The van der Waals surface area contributed by atoms with Gasteiger partial charge in [-0.2, -0.15) is 0 Å². The van der Waals surface area contributed by atoms with Gasteiger partial charge in [0.25, 0.3) is 5.91 Å². The zero-order valence-corrected chi connectivity index (χ0v) is 20.3. The van der Waals surface area contributed by atoms with Crippen LogP contribution in [0.1, 0.15) is 61.5 Å². The fraction of sp³-hybridized carbons (Fsp3) is 0.360. The molecular formula is C25H31N5O2S. The second-order valence-electron chi connectivity index (χ2n) is 8.13. The standard InChI is InChI=1S/C25H31N5O2S/c1-5-30-23(22(17(2)3)27-24(32)20-14-10-7-11-15-20)28-29-25(30)33-16-21(31)26-18(4)19-12-8-6-9-13-19/h6-15,17-18,22H,5,16H2,1-4H3,(H,26,31)(H,27,32)/t18-,22+/m1/s1. The van der Waals surface area contributed by atoms with E-state index in [9.17, 15) is 9.59 Å². The van der Waals surface area contributed by atoms with Crippen molar-refractivity contribution in [1.82, 2.24) is 25.4 Å². The molecule has 0 aliphatic heterocycles. The second kappa shape index (κ2) is 11.7. The van der Waals surface area contributed by atoms with E-state index in [4.69, 9.17) is 0 Å². The van der Waals surface area contributed by atoms with Crippen LogP contribution in [0.4, 0.5) is 0 Å². The summed E-state index contributed by atoms with van der Waals surface area (Å²) < 4.78 is 1.97. The number of hydrogen-bond acceptors (Lipinski definition) is 5. The monoisotopic (exact) mass is 465 g/mol. The second-order valence-corrected chi connectivity index (χ2v) is 9.08. The minimum absolute atomic E-state index is 0.0682. The van der Waals surface area contributed by atoms with Crippen LogP contribution in [-0.4, -0.2) is 32.3 Å². The third-order valence-corrected chi connectivity index (χ3v) is 6.31. The molecule has 0 aliphatic rings. The number of aromatic nitrogens is 3. The topological polar surface area (TPSA) is 88.9 Å². The molecule has 3 rings (SSSR count). The van der Waals surface area contributed by atoms with E-state index in [1.165, 1.54) is 11.8 Å². The first-order chi connectivity index (χ1) is 15.9. The summed E-state index contributed by atoms with van der Waals surface area (Å²) in [6.45, 7) is 8.68. The summed E-state index contributed by atoms with van der Waals surface area (Å²) in [5.74, 6) is 0.819. The van der Waals surface area contributed by atoms with Gasteiger partial charge < -0.3 is 15.2 Å². The molecule has 2 atom stereocenters. The lowest BCUT2D eigenvalue weighted by atomic mass is 10.0. The molecule has 0 spiro atoms. The number of carbonyl (C=O) groups is 2. The lowest BCUT2D eigenvalue weighted by Crippen LogP contribution is -2.33. The summed E-state index contributed by atoms with van der Waals surface area (Å²) >= 11 is 1.35. The maximum atomic E-state index is 12.7. The minimum Gasteiger partial charge on any atom is -0.349 e. The first-order valence-electron chi connectivity index (χ1n) is 11.2. The Bertz CT molecular complexity index is 1050. The predicted molar refractivity (Wildman–Crippen MR) is 131 cm³/mol. The Morgan fingerprint density at radius 2 is 1.58 bits per heavy atom. The number of thioether (sulfide) groups is 1. The van der Waals surface area contributed by atoms with Gasteiger partial charge in [0.2, 0.25) is 5.91 Å². The summed E-state index contributed by atoms with van der Waals surface area (Å²) in [6, 6.07) is 18.6. The number of nitrogens with one attached hydrogen (secondary N) is 2. The number of benzene rings is 2. The van der Waals surface area contributed by atoms with Gasteiger partial charge in [0.15, 0.2) is 11.0 Å². The van der Waals surface area contributed by atoms with Crippen molar-refractivity contribution in [3.63, 3.8) is 0 Å². The Hall–Kier alpha value is -3.13. The highest BCUT2D eigenvalue weighted by Gasteiger charge is 2.26. The van der Waals surface area contributed by atoms with Crippen LogP contribution in [0.2, 0.25) is 0 Å². The summed E-state index contributed by atoms with van der Waals surface area (Å²) in [6.07, 6.45) is 0. The summed E-state index contributed by atoms with van der Waals surface area (Å²) in [4.78, 5) is 25.3. The average Bonchev–Trinajstić information content (AvgIpc) is 3.24. The van der Waals surface area contributed by atoms with Crippen LogP contribution in [0.25, 0.3) is 0 Å². The van der Waals surface area contributed by atoms with Crippen LogP contribution in [0.15, 0.2) is 65.8 Å². The van der Waals surface area contributed by atoms with Crippen LogP contribution in [0.3, 0.4) is 0 Å². The Morgan fingerprint density at radius 1 is 0.939 bits per heavy atom. The van der Waals surface area contributed by atoms with Gasteiger partial charge in [-0.3, -0.25) is 9.59 Å². The molecule has 174 valence electrons. The van der Waals surface area contributed by atoms with E-state index in [0.29, 0.717) is 23.1 Å². The lowest BCUT2D eigenvalue weighted by molar-refractivity contribution is -0.119. The van der Waals surface area contributed by atoms with Crippen molar-refractivity contribution >= 4 is 23.6 Å². The van der Waals surface area contributed by atoms with Crippen molar-refractivity contribution in [2.75, 3.05) is 5.75 Å². The third kappa shape index (κ3) is 6.44. The van der Waals surface area contributed by atoms with E-state index in [2.05, 4.69) is 20.8 Å². The van der Waals surface area contributed by atoms with Gasteiger partial charge in [-0.05, 0) is 37.5 Å². The zero-order chi connectivity index (χ0) is 23.8. The van der Waals surface area contributed by atoms with Crippen molar-refractivity contribution in [2.24, 2.45) is 5.92 Å². The zero-order valence-electron chi connectivity index (χ0n) is 19.5. The molecule has 0 saturated carbocycles. The van der Waals surface area contributed by atoms with Crippen molar-refractivity contribution in [3.05, 3.63) is 77.6 Å². The quantitative estimate of drug-likeness (QED) is 0.434. The number of hydrogen-bond donors (Lipinski definition) is 2. The molecule has 0 radical (unpaired) electrons. The van der Waals surface area contributed by atoms with Crippen LogP contribution < -0.4 is 10.6 Å². The molecule has 8 heteroatoms. The summed E-state index contributed by atoms with van der Waals surface area (Å²) in [5, 5.41) is 15.5. The van der Waals surface area contributed by atoms with Gasteiger partial charge >= 0.3 is 0 Å². The molecule has 1 heterocycles. The van der Waals surface area contributed by atoms with Crippen LogP contribution in [0.5, 0.6) is 0 Å². The average molecular weight is 466 g/mol. The highest BCUT2D eigenvalue weighted by molar-refractivity contribution is 7.99. The number of nitrogens with zero attached hydrogens (tertiary/aromatic N) is 3. The highest BCUT2D eigenvalue weighted by atomic mass is 32.2. The maximum Gasteiger partial charge on any atom is 0.251 e. The van der Waals surface area contributed by atoms with Crippen molar-refractivity contribution in [1.29, 1.82) is 0 Å². The number of rotatable bonds is 10. The maximum absolute atomic E-state index is 12.7. The molecule has 1 aromatic heterocycles. The molecule has 2 aromatic carbocycles. The lowest BCUT2D eigenvalue weighted by Gasteiger charge is -2.22. The summed E-state index contributed by atoms with van der Waals surface area (Å²) in [7, 11) is 0. The van der Waals surface area contributed by atoms with Crippen molar-refractivity contribution < 1.29 is 9.59 Å². The molecule has 0 aliphatic carbocycles. The van der Waals surface area contributed by atoms with Crippen LogP contribution in [0, 0.1) is 5.92 Å². The van der Waals surface area contributed by atoms with Gasteiger partial charge in [0.1, 0.15) is 0 Å². The van der Waals surface area contributed by atoms with Gasteiger partial charge in [-0.1, -0.05) is 74.1 Å². The predicted octanol–water partition coefficient (Wildman–Crippen LogP) is 4.39. The molecule has 7 nitrogen and oxygen atoms in total. The van der Waals surface area contributed by atoms with E-state index in [0.717, 1.165) is 5.56 Å². The Balaban J connectivity index is 1.67. The molecule has 0 unspecified atom stereocenters. The number of amides is 2. The highest BCUT2D eigenvalue weighted by Crippen LogP contribution is 2.25. The Kier molecular flexibility index (Phi) is 8.65. The van der Waals surface area contributed by atoms with E-state index in [-0.39, 0.29) is 35.6 Å². The van der Waals surface area contributed by atoms with E-state index < -0.39 is 0 Å². The molecule has 0 saturated heterocycles. The first-order valence-corrected chi connectivity index (χ1v) is 12.1. The Labute approximate surface area is 199 Å². The fourth-order valence-electron chi connectivity index (χ4n) is 3.52. The van der Waals surface area contributed by atoms with Gasteiger partial charge in [-0.25, -0.2) is 0 Å². The SMILES string of the molecule is CCn1c(SCC(=O)N[C@H](C)c2ccccc2)nnc1[C@@H](NC(=O)c1ccccc1)C(C)C. The molecule has 33 heavy (non-hydrogen) atoms. The fourth-order valence-corrected chi connectivity index (χ4v) is 4.34. The molecule has 2 amide bonds. The molecule has 0 fully saturated rings. The smallest absolute Gasteiger partial charge is 0.251 e. The minimum atomic E-state index is -0.300. The van der Waals surface area contributed by atoms with E-state index >= 15 is 0 Å². The molecule has 0 bridgehead atoms. The third-order valence-electron chi connectivity index (χ3n) is 5.34. The normalized spacial score (nSPS) is 12.9. The molecule has 2 N–H and O–H groups in total. The van der Waals surface area contributed by atoms with Crippen LogP contribution in [-0.2, 0) is 11.3 Å². The summed E-state index contributed by atoms with van der Waals surface area (Å²) in [5.41, 5.74) is 1.66. The van der Waals surface area contributed by atoms with Crippen molar-refractivity contribution in [2.45, 2.75) is 51.5 Å². The van der Waals surface area contributed by atoms with E-state index in [1.807, 2.05) is 80.8 Å².